The first-order valence-corrected chi connectivity index (χ1v) is 5.62. The minimum atomic E-state index is 0.291. The molecule has 1 aromatic rings. The van der Waals surface area contributed by atoms with E-state index in [2.05, 4.69) is 65.0 Å². The second kappa shape index (κ2) is 4.65. The molecule has 15 heavy (non-hydrogen) atoms. The molecule has 0 fully saturated rings. The van der Waals surface area contributed by atoms with Crippen LogP contribution in [0.2, 0.25) is 0 Å². The van der Waals surface area contributed by atoms with E-state index in [9.17, 15) is 0 Å². The highest BCUT2D eigenvalue weighted by Gasteiger charge is 2.03. The minimum Gasteiger partial charge on any atom is -0.0836 e. The summed E-state index contributed by atoms with van der Waals surface area (Å²) in [5.74, 6) is 0. The van der Waals surface area contributed by atoms with E-state index in [1.807, 2.05) is 0 Å². The maximum Gasteiger partial charge on any atom is -0.00971 e. The molecule has 1 rings (SSSR count). The van der Waals surface area contributed by atoms with Crippen molar-refractivity contribution in [2.75, 3.05) is 0 Å². The van der Waals surface area contributed by atoms with Gasteiger partial charge in [-0.3, -0.25) is 0 Å². The highest BCUT2D eigenvalue weighted by atomic mass is 14.1. The molecule has 0 nitrogen and oxygen atoms in total. The fourth-order valence-corrected chi connectivity index (χ4v) is 1.74. The van der Waals surface area contributed by atoms with Gasteiger partial charge in [0.15, 0.2) is 0 Å². The molecule has 0 unspecified atom stereocenters. The molecule has 0 spiro atoms. The lowest BCUT2D eigenvalue weighted by molar-refractivity contribution is 0.542. The van der Waals surface area contributed by atoms with Gasteiger partial charge in [-0.25, -0.2) is 0 Å². The van der Waals surface area contributed by atoms with Crippen molar-refractivity contribution in [3.63, 3.8) is 0 Å². The third-order valence-corrected chi connectivity index (χ3v) is 2.25. The van der Waals surface area contributed by atoms with Crippen LogP contribution < -0.4 is 0 Å². The fourth-order valence-electron chi connectivity index (χ4n) is 1.74. The fraction of sp³-hybridized carbons (Fsp3) is 0.467. The predicted octanol–water partition coefficient (Wildman–Crippen LogP) is 4.45. The second-order valence-electron chi connectivity index (χ2n) is 5.47. The molecular weight excluding hydrogens is 180 g/mol. The molecule has 0 aliphatic heterocycles. The van der Waals surface area contributed by atoms with Crippen LogP contribution in [0.25, 0.3) is 0 Å². The summed E-state index contributed by atoms with van der Waals surface area (Å²) >= 11 is 0. The van der Waals surface area contributed by atoms with E-state index in [1.165, 1.54) is 16.7 Å². The van der Waals surface area contributed by atoms with E-state index >= 15 is 0 Å². The van der Waals surface area contributed by atoms with E-state index in [4.69, 9.17) is 0 Å². The van der Waals surface area contributed by atoms with Crippen LogP contribution in [-0.2, 0) is 6.42 Å². The lowest BCUT2D eigenvalue weighted by Gasteiger charge is -2.11. The van der Waals surface area contributed by atoms with Gasteiger partial charge in [-0.15, -0.1) is 0 Å². The van der Waals surface area contributed by atoms with Gasteiger partial charge in [0, 0.05) is 0 Å². The first kappa shape index (κ1) is 12.0. The molecule has 0 amide bonds. The standard InChI is InChI=1S/C15H22/c1-12-9-13(2)11-14(10-12)7-6-8-15(3,4)5/h6,8-11H,7H2,1-5H3/b8-6+. The van der Waals surface area contributed by atoms with Crippen molar-refractivity contribution in [3.8, 4) is 0 Å². The zero-order valence-electron chi connectivity index (χ0n) is 10.6. The van der Waals surface area contributed by atoms with E-state index in [0.29, 0.717) is 5.41 Å². The van der Waals surface area contributed by atoms with Crippen molar-refractivity contribution in [2.24, 2.45) is 5.41 Å². The maximum absolute atomic E-state index is 2.28. The van der Waals surface area contributed by atoms with Crippen LogP contribution in [0.15, 0.2) is 30.4 Å². The molecule has 0 atom stereocenters. The van der Waals surface area contributed by atoms with Crippen molar-refractivity contribution in [1.82, 2.24) is 0 Å². The summed E-state index contributed by atoms with van der Waals surface area (Å²) in [7, 11) is 0. The molecule has 0 aliphatic rings. The molecule has 0 radical (unpaired) electrons. The first-order valence-electron chi connectivity index (χ1n) is 5.62. The van der Waals surface area contributed by atoms with Crippen LogP contribution in [0, 0.1) is 19.3 Å². The topological polar surface area (TPSA) is 0 Å². The highest BCUT2D eigenvalue weighted by Crippen LogP contribution is 2.16. The smallest absolute Gasteiger partial charge is 0.00971 e. The van der Waals surface area contributed by atoms with Gasteiger partial charge in [-0.05, 0) is 31.2 Å². The number of benzene rings is 1. The summed E-state index contributed by atoms with van der Waals surface area (Å²) in [6, 6.07) is 6.75. The molecule has 0 saturated carbocycles. The van der Waals surface area contributed by atoms with Crippen LogP contribution in [0.5, 0.6) is 0 Å². The second-order valence-corrected chi connectivity index (χ2v) is 5.47. The van der Waals surface area contributed by atoms with Gasteiger partial charge in [0.2, 0.25) is 0 Å². The Morgan fingerprint density at radius 1 is 1.00 bits per heavy atom. The van der Waals surface area contributed by atoms with Crippen LogP contribution in [-0.4, -0.2) is 0 Å². The molecule has 0 saturated heterocycles. The van der Waals surface area contributed by atoms with Gasteiger partial charge in [0.05, 0.1) is 0 Å². The van der Waals surface area contributed by atoms with E-state index in [0.717, 1.165) is 6.42 Å². The van der Waals surface area contributed by atoms with E-state index in [1.54, 1.807) is 0 Å². The number of aryl methyl sites for hydroxylation is 2. The number of hydrogen-bond acceptors (Lipinski definition) is 0. The predicted molar refractivity (Wildman–Crippen MR) is 68.2 cm³/mol. The Hall–Kier alpha value is -1.04. The Balaban J connectivity index is 2.70. The monoisotopic (exact) mass is 202 g/mol. The Morgan fingerprint density at radius 2 is 1.53 bits per heavy atom. The summed E-state index contributed by atoms with van der Waals surface area (Å²) in [4.78, 5) is 0. The largest absolute Gasteiger partial charge is 0.0836 e. The third kappa shape index (κ3) is 4.83. The van der Waals surface area contributed by atoms with Crippen molar-refractivity contribution < 1.29 is 0 Å². The van der Waals surface area contributed by atoms with Crippen LogP contribution in [0.1, 0.15) is 37.5 Å². The summed E-state index contributed by atoms with van der Waals surface area (Å²) in [5, 5.41) is 0. The quantitative estimate of drug-likeness (QED) is 0.622. The Labute approximate surface area is 94.0 Å². The van der Waals surface area contributed by atoms with Gasteiger partial charge in [0.1, 0.15) is 0 Å². The lowest BCUT2D eigenvalue weighted by Crippen LogP contribution is -1.98. The zero-order chi connectivity index (χ0) is 11.5. The van der Waals surface area contributed by atoms with Crippen molar-refractivity contribution in [3.05, 3.63) is 47.0 Å². The molecule has 0 aromatic heterocycles. The Bertz CT molecular complexity index is 331. The summed E-state index contributed by atoms with van der Waals surface area (Å²) in [6.45, 7) is 11.0. The third-order valence-electron chi connectivity index (χ3n) is 2.25. The lowest BCUT2D eigenvalue weighted by atomic mass is 9.95. The van der Waals surface area contributed by atoms with Crippen LogP contribution >= 0.6 is 0 Å². The van der Waals surface area contributed by atoms with Crippen molar-refractivity contribution in [2.45, 2.75) is 41.0 Å². The van der Waals surface area contributed by atoms with Gasteiger partial charge >= 0.3 is 0 Å². The minimum absolute atomic E-state index is 0.291. The average Bonchev–Trinajstić information content (AvgIpc) is 1.99. The molecule has 0 heteroatoms. The Morgan fingerprint density at radius 3 is 2.00 bits per heavy atom. The first-order chi connectivity index (χ1) is 6.87. The summed E-state index contributed by atoms with van der Waals surface area (Å²) < 4.78 is 0. The number of hydrogen-bond donors (Lipinski definition) is 0. The molecule has 0 aliphatic carbocycles. The number of rotatable bonds is 2. The normalized spacial score (nSPS) is 12.3. The molecule has 1 aromatic carbocycles. The summed E-state index contributed by atoms with van der Waals surface area (Å²) in [6.07, 6.45) is 5.60. The van der Waals surface area contributed by atoms with Crippen LogP contribution in [0.3, 0.4) is 0 Å². The zero-order valence-corrected chi connectivity index (χ0v) is 10.6. The maximum atomic E-state index is 2.28. The average molecular weight is 202 g/mol. The van der Waals surface area contributed by atoms with E-state index < -0.39 is 0 Å². The summed E-state index contributed by atoms with van der Waals surface area (Å²) in [5.41, 5.74) is 4.41. The molecule has 82 valence electrons. The van der Waals surface area contributed by atoms with Gasteiger partial charge in [-0.1, -0.05) is 62.2 Å². The van der Waals surface area contributed by atoms with Gasteiger partial charge in [-0.2, -0.15) is 0 Å². The number of allylic oxidation sites excluding steroid dienone is 2. The molecular formula is C15H22. The van der Waals surface area contributed by atoms with Gasteiger partial charge in [0.25, 0.3) is 0 Å². The molecule has 0 bridgehead atoms. The molecule has 0 N–H and O–H groups in total. The van der Waals surface area contributed by atoms with Crippen molar-refractivity contribution in [1.29, 1.82) is 0 Å². The SMILES string of the molecule is Cc1cc(C)cc(C/C=C/C(C)(C)C)c1. The Kier molecular flexibility index (Phi) is 3.73. The van der Waals surface area contributed by atoms with Gasteiger partial charge < -0.3 is 0 Å². The van der Waals surface area contributed by atoms with Crippen LogP contribution in [0.4, 0.5) is 0 Å². The van der Waals surface area contributed by atoms with Crippen molar-refractivity contribution >= 4 is 0 Å². The molecule has 0 heterocycles. The highest BCUT2D eigenvalue weighted by molar-refractivity contribution is 5.29. The van der Waals surface area contributed by atoms with E-state index in [-0.39, 0.29) is 0 Å².